The number of likely N-dealkylation sites (N-methyl/N-ethyl adjacent to an activating group) is 1. The van der Waals surface area contributed by atoms with Crippen LogP contribution in [0.2, 0.25) is 0 Å². The number of rotatable bonds is 5. The van der Waals surface area contributed by atoms with E-state index in [1.807, 2.05) is 25.1 Å². The van der Waals surface area contributed by atoms with Crippen LogP contribution in [-0.2, 0) is 16.4 Å². The molecule has 0 spiro atoms. The van der Waals surface area contributed by atoms with Gasteiger partial charge < -0.3 is 5.73 Å². The summed E-state index contributed by atoms with van der Waals surface area (Å²) in [5, 5.41) is 0. The molecular formula is C15H19N3O2S. The van der Waals surface area contributed by atoms with E-state index in [0.29, 0.717) is 18.7 Å². The summed E-state index contributed by atoms with van der Waals surface area (Å²) in [4.78, 5) is 4.41. The number of nitrogens with two attached hydrogens (primary N) is 1. The molecule has 0 saturated heterocycles. The summed E-state index contributed by atoms with van der Waals surface area (Å²) < 4.78 is 26.3. The number of aryl methyl sites for hydroxylation is 1. The third-order valence-electron chi connectivity index (χ3n) is 3.37. The second-order valence-electron chi connectivity index (χ2n) is 4.92. The Kier molecular flexibility index (Phi) is 4.59. The zero-order valence-electron chi connectivity index (χ0n) is 12.2. The number of benzene rings is 1. The van der Waals surface area contributed by atoms with Crippen molar-refractivity contribution in [3.63, 3.8) is 0 Å². The molecule has 0 aliphatic carbocycles. The molecule has 1 aromatic carbocycles. The standard InChI is InChI=1S/C15H19N3O2S/c1-12-6-7-14(11-15(12)16)21(19,20)18(2)10-8-13-5-3-4-9-17-13/h3-7,9,11H,8,10,16H2,1-2H3. The first-order chi connectivity index (χ1) is 9.91. The number of hydrogen-bond acceptors (Lipinski definition) is 4. The highest BCUT2D eigenvalue weighted by Gasteiger charge is 2.21. The van der Waals surface area contributed by atoms with Gasteiger partial charge in [0.25, 0.3) is 0 Å². The number of nitrogen functional groups attached to an aromatic ring is 1. The molecule has 112 valence electrons. The van der Waals surface area contributed by atoms with E-state index in [1.165, 1.54) is 10.4 Å². The van der Waals surface area contributed by atoms with Gasteiger partial charge in [-0.25, -0.2) is 12.7 Å². The average molecular weight is 305 g/mol. The lowest BCUT2D eigenvalue weighted by atomic mass is 10.2. The van der Waals surface area contributed by atoms with Crippen molar-refractivity contribution in [1.82, 2.24) is 9.29 Å². The highest BCUT2D eigenvalue weighted by Crippen LogP contribution is 2.20. The third kappa shape index (κ3) is 3.59. The van der Waals surface area contributed by atoms with E-state index in [4.69, 9.17) is 5.73 Å². The summed E-state index contributed by atoms with van der Waals surface area (Å²) in [7, 11) is -1.96. The minimum atomic E-state index is -3.52. The quantitative estimate of drug-likeness (QED) is 0.855. The van der Waals surface area contributed by atoms with Gasteiger partial charge in [0.2, 0.25) is 10.0 Å². The van der Waals surface area contributed by atoms with Crippen molar-refractivity contribution in [2.45, 2.75) is 18.2 Å². The molecule has 6 heteroatoms. The van der Waals surface area contributed by atoms with Crippen molar-refractivity contribution in [3.8, 4) is 0 Å². The van der Waals surface area contributed by atoms with Crippen molar-refractivity contribution >= 4 is 15.7 Å². The Morgan fingerprint density at radius 1 is 1.24 bits per heavy atom. The van der Waals surface area contributed by atoms with Gasteiger partial charge in [-0.3, -0.25) is 4.98 Å². The lowest BCUT2D eigenvalue weighted by Crippen LogP contribution is -2.29. The molecule has 2 aromatic rings. The average Bonchev–Trinajstić information content (AvgIpc) is 2.48. The SMILES string of the molecule is Cc1ccc(S(=O)(=O)N(C)CCc2ccccn2)cc1N. The van der Waals surface area contributed by atoms with Gasteiger partial charge in [0.05, 0.1) is 4.90 Å². The van der Waals surface area contributed by atoms with Gasteiger partial charge in [-0.05, 0) is 36.8 Å². The molecule has 5 nitrogen and oxygen atoms in total. The van der Waals surface area contributed by atoms with Crippen LogP contribution in [0.3, 0.4) is 0 Å². The molecule has 0 saturated carbocycles. The van der Waals surface area contributed by atoms with E-state index < -0.39 is 10.0 Å². The van der Waals surface area contributed by atoms with Gasteiger partial charge in [0, 0.05) is 37.6 Å². The van der Waals surface area contributed by atoms with Crippen molar-refractivity contribution < 1.29 is 8.42 Å². The second kappa shape index (κ2) is 6.24. The van der Waals surface area contributed by atoms with Gasteiger partial charge in [0.1, 0.15) is 0 Å². The molecule has 2 N–H and O–H groups in total. The molecule has 2 rings (SSSR count). The molecule has 0 fully saturated rings. The molecule has 0 bridgehead atoms. The topological polar surface area (TPSA) is 76.3 Å². The number of pyridine rings is 1. The predicted octanol–water partition coefficient (Wildman–Crippen LogP) is 1.84. The minimum Gasteiger partial charge on any atom is -0.398 e. The van der Waals surface area contributed by atoms with Crippen molar-refractivity contribution in [2.24, 2.45) is 0 Å². The van der Waals surface area contributed by atoms with Gasteiger partial charge in [-0.1, -0.05) is 12.1 Å². The van der Waals surface area contributed by atoms with Crippen LogP contribution in [0, 0.1) is 6.92 Å². The highest BCUT2D eigenvalue weighted by molar-refractivity contribution is 7.89. The van der Waals surface area contributed by atoms with Crippen molar-refractivity contribution in [3.05, 3.63) is 53.9 Å². The maximum absolute atomic E-state index is 12.5. The Bertz CT molecular complexity index is 715. The lowest BCUT2D eigenvalue weighted by Gasteiger charge is -2.17. The molecule has 0 amide bonds. The van der Waals surface area contributed by atoms with E-state index in [-0.39, 0.29) is 4.90 Å². The second-order valence-corrected chi connectivity index (χ2v) is 6.96. The smallest absolute Gasteiger partial charge is 0.242 e. The third-order valence-corrected chi connectivity index (χ3v) is 5.22. The van der Waals surface area contributed by atoms with E-state index in [9.17, 15) is 8.42 Å². The van der Waals surface area contributed by atoms with Gasteiger partial charge in [-0.2, -0.15) is 0 Å². The summed E-state index contributed by atoms with van der Waals surface area (Å²) in [6.45, 7) is 2.21. The Balaban J connectivity index is 2.13. The molecule has 0 radical (unpaired) electrons. The van der Waals surface area contributed by atoms with Crippen LogP contribution in [0.25, 0.3) is 0 Å². The van der Waals surface area contributed by atoms with E-state index in [1.54, 1.807) is 25.4 Å². The highest BCUT2D eigenvalue weighted by atomic mass is 32.2. The van der Waals surface area contributed by atoms with Crippen LogP contribution < -0.4 is 5.73 Å². The molecule has 0 aliphatic rings. The number of aromatic nitrogens is 1. The Labute approximate surface area is 125 Å². The number of anilines is 1. The molecule has 1 aromatic heterocycles. The van der Waals surface area contributed by atoms with Gasteiger partial charge in [0.15, 0.2) is 0 Å². The zero-order chi connectivity index (χ0) is 15.5. The Morgan fingerprint density at radius 2 is 2.00 bits per heavy atom. The summed E-state index contributed by atoms with van der Waals surface area (Å²) in [5.74, 6) is 0. The molecule has 0 unspecified atom stereocenters. The summed E-state index contributed by atoms with van der Waals surface area (Å²) in [6.07, 6.45) is 2.27. The number of nitrogens with zero attached hydrogens (tertiary/aromatic N) is 2. The number of hydrogen-bond donors (Lipinski definition) is 1. The van der Waals surface area contributed by atoms with Crippen LogP contribution in [0.1, 0.15) is 11.3 Å². The van der Waals surface area contributed by atoms with Crippen LogP contribution in [0.4, 0.5) is 5.69 Å². The maximum atomic E-state index is 12.5. The summed E-state index contributed by atoms with van der Waals surface area (Å²) in [5.41, 5.74) is 8.00. The monoisotopic (exact) mass is 305 g/mol. The number of sulfonamides is 1. The van der Waals surface area contributed by atoms with Crippen molar-refractivity contribution in [1.29, 1.82) is 0 Å². The van der Waals surface area contributed by atoms with E-state index in [2.05, 4.69) is 4.98 Å². The Morgan fingerprint density at radius 3 is 2.62 bits per heavy atom. The fraction of sp³-hybridized carbons (Fsp3) is 0.267. The summed E-state index contributed by atoms with van der Waals surface area (Å²) in [6, 6.07) is 10.4. The van der Waals surface area contributed by atoms with Crippen LogP contribution in [-0.4, -0.2) is 31.3 Å². The molecule has 21 heavy (non-hydrogen) atoms. The molecule has 0 aliphatic heterocycles. The normalized spacial score (nSPS) is 11.8. The van der Waals surface area contributed by atoms with Crippen LogP contribution in [0.5, 0.6) is 0 Å². The van der Waals surface area contributed by atoms with E-state index >= 15 is 0 Å². The van der Waals surface area contributed by atoms with E-state index in [0.717, 1.165) is 11.3 Å². The first kappa shape index (κ1) is 15.5. The fourth-order valence-corrected chi connectivity index (χ4v) is 3.10. The van der Waals surface area contributed by atoms with Gasteiger partial charge >= 0.3 is 0 Å². The van der Waals surface area contributed by atoms with Crippen LogP contribution in [0.15, 0.2) is 47.5 Å². The molecule has 0 atom stereocenters. The first-order valence-electron chi connectivity index (χ1n) is 6.63. The van der Waals surface area contributed by atoms with Gasteiger partial charge in [-0.15, -0.1) is 0 Å². The Hall–Kier alpha value is -1.92. The molecule has 1 heterocycles. The molecular weight excluding hydrogens is 286 g/mol. The fourth-order valence-electron chi connectivity index (χ4n) is 1.90. The van der Waals surface area contributed by atoms with Crippen LogP contribution >= 0.6 is 0 Å². The van der Waals surface area contributed by atoms with Crippen molar-refractivity contribution in [2.75, 3.05) is 19.3 Å². The zero-order valence-corrected chi connectivity index (χ0v) is 13.0. The summed E-state index contributed by atoms with van der Waals surface area (Å²) >= 11 is 0. The maximum Gasteiger partial charge on any atom is 0.242 e. The first-order valence-corrected chi connectivity index (χ1v) is 8.07. The predicted molar refractivity (Wildman–Crippen MR) is 83.3 cm³/mol. The largest absolute Gasteiger partial charge is 0.398 e. The lowest BCUT2D eigenvalue weighted by molar-refractivity contribution is 0.471. The minimum absolute atomic E-state index is 0.217.